The molecule has 0 amide bonds. The quantitative estimate of drug-likeness (QED) is 0.811. The number of nitrogens with one attached hydrogen (secondary N) is 1. The van der Waals surface area contributed by atoms with Gasteiger partial charge in [-0.2, -0.15) is 0 Å². The minimum atomic E-state index is -0.860. The zero-order valence-electron chi connectivity index (χ0n) is 8.27. The van der Waals surface area contributed by atoms with E-state index in [2.05, 4.69) is 5.32 Å². The summed E-state index contributed by atoms with van der Waals surface area (Å²) in [4.78, 5) is 10.6. The lowest BCUT2D eigenvalue weighted by molar-refractivity contribution is 0.0697. The Kier molecular flexibility index (Phi) is 4.12. The third-order valence-corrected chi connectivity index (χ3v) is 2.69. The van der Waals surface area contributed by atoms with Crippen molar-refractivity contribution in [1.82, 2.24) is 5.32 Å². The van der Waals surface area contributed by atoms with Gasteiger partial charge in [-0.25, -0.2) is 4.79 Å². The lowest BCUT2D eigenvalue weighted by Crippen LogP contribution is -2.08. The van der Waals surface area contributed by atoms with Crippen molar-refractivity contribution in [3.63, 3.8) is 0 Å². The normalized spacial score (nSPS) is 19.6. The molecule has 1 atom stereocenters. The van der Waals surface area contributed by atoms with Crippen LogP contribution in [0.4, 0.5) is 0 Å². The Morgan fingerprint density at radius 2 is 2.00 bits per heavy atom. The molecule has 1 aliphatic heterocycles. The fraction of sp³-hybridized carbons (Fsp3) is 0.364. The van der Waals surface area contributed by atoms with Crippen molar-refractivity contribution in [2.24, 2.45) is 0 Å². The van der Waals surface area contributed by atoms with Crippen molar-refractivity contribution in [2.45, 2.75) is 12.3 Å². The Hall–Kier alpha value is -1.06. The number of rotatable bonds is 2. The molecule has 1 aromatic carbocycles. The molecule has 0 spiro atoms. The highest BCUT2D eigenvalue weighted by Gasteiger charge is 2.16. The second-order valence-electron chi connectivity index (χ2n) is 3.62. The van der Waals surface area contributed by atoms with Gasteiger partial charge in [0.1, 0.15) is 0 Å². The van der Waals surface area contributed by atoms with Gasteiger partial charge in [-0.1, -0.05) is 12.1 Å². The monoisotopic (exact) mass is 227 g/mol. The van der Waals surface area contributed by atoms with E-state index in [1.807, 2.05) is 12.1 Å². The molecule has 0 radical (unpaired) electrons. The third kappa shape index (κ3) is 2.70. The van der Waals surface area contributed by atoms with E-state index >= 15 is 0 Å². The highest BCUT2D eigenvalue weighted by atomic mass is 35.5. The molecule has 0 saturated carbocycles. The molecule has 1 heterocycles. The van der Waals surface area contributed by atoms with E-state index in [1.165, 1.54) is 5.56 Å². The zero-order chi connectivity index (χ0) is 9.97. The van der Waals surface area contributed by atoms with Crippen LogP contribution in [0.25, 0.3) is 0 Å². The van der Waals surface area contributed by atoms with E-state index in [0.717, 1.165) is 19.5 Å². The molecule has 15 heavy (non-hydrogen) atoms. The molecular formula is C11H14ClNO2. The van der Waals surface area contributed by atoms with Crippen LogP contribution in [0.3, 0.4) is 0 Å². The van der Waals surface area contributed by atoms with Crippen LogP contribution in [0, 0.1) is 0 Å². The molecular weight excluding hydrogens is 214 g/mol. The van der Waals surface area contributed by atoms with Crippen LogP contribution >= 0.6 is 12.4 Å². The first-order valence-electron chi connectivity index (χ1n) is 4.81. The van der Waals surface area contributed by atoms with Crippen LogP contribution < -0.4 is 5.32 Å². The Balaban J connectivity index is 0.00000112. The van der Waals surface area contributed by atoms with Crippen LogP contribution in [0.2, 0.25) is 0 Å². The second-order valence-corrected chi connectivity index (χ2v) is 3.62. The number of carbonyl (C=O) groups is 1. The largest absolute Gasteiger partial charge is 0.478 e. The van der Waals surface area contributed by atoms with Gasteiger partial charge in [0.25, 0.3) is 0 Å². The van der Waals surface area contributed by atoms with Gasteiger partial charge in [0, 0.05) is 6.54 Å². The predicted molar refractivity (Wildman–Crippen MR) is 60.9 cm³/mol. The molecule has 3 nitrogen and oxygen atoms in total. The summed E-state index contributed by atoms with van der Waals surface area (Å²) in [6.07, 6.45) is 1.15. The maximum Gasteiger partial charge on any atom is 0.335 e. The van der Waals surface area contributed by atoms with Crippen molar-refractivity contribution >= 4 is 18.4 Å². The number of aromatic carboxylic acids is 1. The summed E-state index contributed by atoms with van der Waals surface area (Å²) in [7, 11) is 0. The van der Waals surface area contributed by atoms with E-state index in [1.54, 1.807) is 12.1 Å². The maximum absolute atomic E-state index is 10.6. The van der Waals surface area contributed by atoms with Gasteiger partial charge < -0.3 is 10.4 Å². The first-order valence-corrected chi connectivity index (χ1v) is 4.81. The molecule has 4 heteroatoms. The van der Waals surface area contributed by atoms with Crippen LogP contribution in [-0.4, -0.2) is 24.2 Å². The molecule has 0 aliphatic carbocycles. The fourth-order valence-electron chi connectivity index (χ4n) is 1.84. The van der Waals surface area contributed by atoms with Crippen molar-refractivity contribution in [2.75, 3.05) is 13.1 Å². The first kappa shape index (κ1) is 12.0. The number of halogens is 1. The highest BCUT2D eigenvalue weighted by Crippen LogP contribution is 2.22. The van der Waals surface area contributed by atoms with Crippen molar-refractivity contribution in [3.8, 4) is 0 Å². The van der Waals surface area contributed by atoms with Crippen LogP contribution in [0.15, 0.2) is 24.3 Å². The molecule has 1 aliphatic rings. The summed E-state index contributed by atoms with van der Waals surface area (Å²) in [5.41, 5.74) is 1.60. The molecule has 1 fully saturated rings. The van der Waals surface area contributed by atoms with Gasteiger partial charge in [0.15, 0.2) is 0 Å². The summed E-state index contributed by atoms with van der Waals surface area (Å²) < 4.78 is 0. The van der Waals surface area contributed by atoms with E-state index in [0.29, 0.717) is 11.5 Å². The van der Waals surface area contributed by atoms with Gasteiger partial charge in [-0.15, -0.1) is 12.4 Å². The van der Waals surface area contributed by atoms with Crippen molar-refractivity contribution < 1.29 is 9.90 Å². The van der Waals surface area contributed by atoms with Gasteiger partial charge in [-0.05, 0) is 36.6 Å². The first-order chi connectivity index (χ1) is 6.77. The standard InChI is InChI=1S/C11H13NO2.ClH/c13-11(14)9-3-1-8(2-4-9)10-5-6-12-7-10;/h1-4,10,12H,5-7H2,(H,13,14);1H. The Morgan fingerprint density at radius 1 is 1.33 bits per heavy atom. The van der Waals surface area contributed by atoms with Gasteiger partial charge in [0.05, 0.1) is 5.56 Å². The molecule has 1 unspecified atom stereocenters. The topological polar surface area (TPSA) is 49.3 Å². The van der Waals surface area contributed by atoms with Crippen molar-refractivity contribution in [1.29, 1.82) is 0 Å². The van der Waals surface area contributed by atoms with Gasteiger partial charge in [-0.3, -0.25) is 0 Å². The summed E-state index contributed by atoms with van der Waals surface area (Å²) in [5, 5.41) is 12.0. The van der Waals surface area contributed by atoms with E-state index in [9.17, 15) is 4.79 Å². The number of carboxylic acids is 1. The Morgan fingerprint density at radius 3 is 2.47 bits per heavy atom. The highest BCUT2D eigenvalue weighted by molar-refractivity contribution is 5.87. The lowest BCUT2D eigenvalue weighted by Gasteiger charge is -2.08. The Labute approximate surface area is 94.9 Å². The molecule has 2 N–H and O–H groups in total. The minimum absolute atomic E-state index is 0. The molecule has 1 aromatic rings. The fourth-order valence-corrected chi connectivity index (χ4v) is 1.84. The molecule has 2 rings (SSSR count). The molecule has 1 saturated heterocycles. The van der Waals surface area contributed by atoms with Gasteiger partial charge >= 0.3 is 5.97 Å². The molecule has 0 aromatic heterocycles. The zero-order valence-corrected chi connectivity index (χ0v) is 9.09. The average Bonchev–Trinajstić information content (AvgIpc) is 2.71. The minimum Gasteiger partial charge on any atom is -0.478 e. The average molecular weight is 228 g/mol. The number of hydrogen-bond acceptors (Lipinski definition) is 2. The third-order valence-electron chi connectivity index (χ3n) is 2.69. The molecule has 0 bridgehead atoms. The van der Waals surface area contributed by atoms with Crippen molar-refractivity contribution in [3.05, 3.63) is 35.4 Å². The Bertz CT molecular complexity index is 331. The summed E-state index contributed by atoms with van der Waals surface area (Å²) in [5.74, 6) is -0.307. The van der Waals surface area contributed by atoms with Crippen LogP contribution in [0.5, 0.6) is 0 Å². The smallest absolute Gasteiger partial charge is 0.335 e. The second kappa shape index (κ2) is 5.14. The van der Waals surface area contributed by atoms with Crippen LogP contribution in [0.1, 0.15) is 28.3 Å². The van der Waals surface area contributed by atoms with Crippen LogP contribution in [-0.2, 0) is 0 Å². The summed E-state index contributed by atoms with van der Waals surface area (Å²) in [6.45, 7) is 2.07. The van der Waals surface area contributed by atoms with E-state index in [4.69, 9.17) is 5.11 Å². The van der Waals surface area contributed by atoms with E-state index < -0.39 is 5.97 Å². The SMILES string of the molecule is Cl.O=C(O)c1ccc(C2CCNC2)cc1. The summed E-state index contributed by atoms with van der Waals surface area (Å²) in [6, 6.07) is 7.19. The van der Waals surface area contributed by atoms with E-state index in [-0.39, 0.29) is 12.4 Å². The molecule has 82 valence electrons. The predicted octanol–water partition coefficient (Wildman–Crippen LogP) is 1.88. The maximum atomic E-state index is 10.6. The number of benzene rings is 1. The number of carboxylic acid groups (broad SMARTS) is 1. The lowest BCUT2D eigenvalue weighted by atomic mass is 9.97. The van der Waals surface area contributed by atoms with Gasteiger partial charge in [0.2, 0.25) is 0 Å². The number of hydrogen-bond donors (Lipinski definition) is 2. The summed E-state index contributed by atoms with van der Waals surface area (Å²) >= 11 is 0.